The fourth-order valence-corrected chi connectivity index (χ4v) is 5.46. The molecule has 0 atom stereocenters. The molecule has 0 saturated carbocycles. The lowest BCUT2D eigenvalue weighted by atomic mass is 10.1. The Morgan fingerprint density at radius 3 is 2.38 bits per heavy atom. The summed E-state index contributed by atoms with van der Waals surface area (Å²) in [6.45, 7) is 5.21. The standard InChI is InChI=1S/C25H29F3N3OPS/c1-31(2)16-15-30-22-8-5-7-20-21(17-25(26,27)28)23(34-24(20)22)9-6-14-29-18-10-12-19(13-11-18)33(3,4)32/h5,7-8,10-13,29-30H,14-17H2,1-4H3. The van der Waals surface area contributed by atoms with Crippen molar-refractivity contribution in [3.63, 3.8) is 0 Å². The average Bonchev–Trinajstić information content (AvgIpc) is 3.07. The summed E-state index contributed by atoms with van der Waals surface area (Å²) in [5.74, 6) is 5.92. The maximum absolute atomic E-state index is 13.3. The third-order valence-electron chi connectivity index (χ3n) is 5.14. The molecule has 0 bridgehead atoms. The first kappa shape index (κ1) is 26.2. The number of thiophene rings is 1. The second-order valence-electron chi connectivity index (χ2n) is 8.67. The van der Waals surface area contributed by atoms with Crippen LogP contribution < -0.4 is 15.9 Å². The Morgan fingerprint density at radius 2 is 1.76 bits per heavy atom. The molecule has 1 aromatic heterocycles. The van der Waals surface area contributed by atoms with E-state index in [9.17, 15) is 17.7 Å². The van der Waals surface area contributed by atoms with E-state index in [1.54, 1.807) is 25.5 Å². The lowest BCUT2D eigenvalue weighted by Gasteiger charge is -2.12. The van der Waals surface area contributed by atoms with Gasteiger partial charge in [-0.2, -0.15) is 13.2 Å². The summed E-state index contributed by atoms with van der Waals surface area (Å²) in [4.78, 5) is 2.47. The van der Waals surface area contributed by atoms with Gasteiger partial charge in [0.1, 0.15) is 7.14 Å². The maximum Gasteiger partial charge on any atom is 0.393 e. The van der Waals surface area contributed by atoms with Gasteiger partial charge in [0, 0.05) is 24.1 Å². The van der Waals surface area contributed by atoms with Crippen LogP contribution in [0.1, 0.15) is 10.4 Å². The van der Waals surface area contributed by atoms with Gasteiger partial charge >= 0.3 is 6.18 Å². The molecule has 0 saturated heterocycles. The van der Waals surface area contributed by atoms with Crippen LogP contribution in [0.15, 0.2) is 42.5 Å². The van der Waals surface area contributed by atoms with Crippen LogP contribution in [0.2, 0.25) is 0 Å². The summed E-state index contributed by atoms with van der Waals surface area (Å²) in [5, 5.41) is 7.86. The minimum atomic E-state index is -4.32. The monoisotopic (exact) mass is 507 g/mol. The lowest BCUT2D eigenvalue weighted by Crippen LogP contribution is -2.20. The number of alkyl halides is 3. The zero-order chi connectivity index (χ0) is 24.9. The summed E-state index contributed by atoms with van der Waals surface area (Å²) in [6, 6.07) is 12.7. The first-order valence-electron chi connectivity index (χ1n) is 10.8. The lowest BCUT2D eigenvalue weighted by molar-refractivity contribution is -0.126. The summed E-state index contributed by atoms with van der Waals surface area (Å²) in [6.07, 6.45) is -5.34. The number of hydrogen-bond donors (Lipinski definition) is 2. The third kappa shape index (κ3) is 7.27. The van der Waals surface area contributed by atoms with Gasteiger partial charge in [0.15, 0.2) is 0 Å². The Hall–Kier alpha value is -2.46. The van der Waals surface area contributed by atoms with Crippen molar-refractivity contribution in [1.29, 1.82) is 0 Å². The Bertz CT molecular complexity index is 1230. The first-order chi connectivity index (χ1) is 15.9. The van der Waals surface area contributed by atoms with E-state index in [1.165, 1.54) is 11.3 Å². The van der Waals surface area contributed by atoms with E-state index in [2.05, 4.69) is 22.5 Å². The molecule has 9 heteroatoms. The molecule has 0 unspecified atom stereocenters. The number of nitrogens with one attached hydrogen (secondary N) is 2. The predicted octanol–water partition coefficient (Wildman–Crippen LogP) is 5.69. The summed E-state index contributed by atoms with van der Waals surface area (Å²) in [5.41, 5.74) is 1.86. The molecule has 3 aromatic rings. The van der Waals surface area contributed by atoms with Crippen LogP contribution in [-0.2, 0) is 11.0 Å². The highest BCUT2D eigenvalue weighted by Crippen LogP contribution is 2.39. The predicted molar refractivity (Wildman–Crippen MR) is 140 cm³/mol. The molecule has 34 heavy (non-hydrogen) atoms. The van der Waals surface area contributed by atoms with Gasteiger partial charge in [0.2, 0.25) is 0 Å². The highest BCUT2D eigenvalue weighted by molar-refractivity contribution is 7.70. The number of anilines is 2. The van der Waals surface area contributed by atoms with E-state index in [1.807, 2.05) is 49.3 Å². The second-order valence-corrected chi connectivity index (χ2v) is 12.9. The van der Waals surface area contributed by atoms with Crippen LogP contribution >= 0.6 is 18.5 Å². The number of halogens is 3. The van der Waals surface area contributed by atoms with Crippen LogP contribution in [-0.4, -0.2) is 58.1 Å². The number of fused-ring (bicyclic) bond motifs is 1. The van der Waals surface area contributed by atoms with Crippen molar-refractivity contribution in [1.82, 2.24) is 4.90 Å². The smallest absolute Gasteiger partial charge is 0.383 e. The van der Waals surface area contributed by atoms with E-state index in [0.29, 0.717) is 16.8 Å². The molecule has 0 radical (unpaired) electrons. The summed E-state index contributed by atoms with van der Waals surface area (Å²) >= 11 is 1.29. The van der Waals surface area contributed by atoms with E-state index >= 15 is 0 Å². The van der Waals surface area contributed by atoms with Gasteiger partial charge in [-0.1, -0.05) is 24.0 Å². The molecule has 0 aliphatic rings. The zero-order valence-electron chi connectivity index (χ0n) is 19.7. The molecule has 0 spiro atoms. The molecule has 0 amide bonds. The highest BCUT2D eigenvalue weighted by atomic mass is 32.1. The Morgan fingerprint density at radius 1 is 1.06 bits per heavy atom. The zero-order valence-corrected chi connectivity index (χ0v) is 21.4. The van der Waals surface area contributed by atoms with Crippen molar-refractivity contribution in [2.24, 2.45) is 0 Å². The van der Waals surface area contributed by atoms with E-state index in [0.717, 1.165) is 27.9 Å². The number of rotatable bonds is 8. The number of nitrogens with zero attached hydrogens (tertiary/aromatic N) is 1. The van der Waals surface area contributed by atoms with E-state index in [4.69, 9.17) is 0 Å². The molecular weight excluding hydrogens is 478 g/mol. The number of hydrogen-bond acceptors (Lipinski definition) is 5. The Kier molecular flexibility index (Phi) is 8.35. The molecule has 4 nitrogen and oxygen atoms in total. The van der Waals surface area contributed by atoms with Gasteiger partial charge in [-0.05, 0) is 68.7 Å². The summed E-state index contributed by atoms with van der Waals surface area (Å²) in [7, 11) is 1.62. The average molecular weight is 508 g/mol. The fourth-order valence-electron chi connectivity index (χ4n) is 3.41. The van der Waals surface area contributed by atoms with Gasteiger partial charge in [-0.3, -0.25) is 0 Å². The minimum Gasteiger partial charge on any atom is -0.383 e. The van der Waals surface area contributed by atoms with Gasteiger partial charge in [-0.25, -0.2) is 0 Å². The molecule has 1 heterocycles. The van der Waals surface area contributed by atoms with Crippen molar-refractivity contribution in [3.8, 4) is 11.8 Å². The molecule has 2 N–H and O–H groups in total. The summed E-state index contributed by atoms with van der Waals surface area (Å²) < 4.78 is 53.0. The fraction of sp³-hybridized carbons (Fsp3) is 0.360. The van der Waals surface area contributed by atoms with Crippen molar-refractivity contribution in [2.75, 3.05) is 57.7 Å². The topological polar surface area (TPSA) is 44.4 Å². The van der Waals surface area contributed by atoms with Crippen LogP contribution in [0.3, 0.4) is 0 Å². The number of likely N-dealkylation sites (N-methyl/N-ethyl adjacent to an activating group) is 1. The van der Waals surface area contributed by atoms with Gasteiger partial charge < -0.3 is 20.1 Å². The normalized spacial score (nSPS) is 12.0. The highest BCUT2D eigenvalue weighted by Gasteiger charge is 2.31. The van der Waals surface area contributed by atoms with Gasteiger partial charge in [-0.15, -0.1) is 11.3 Å². The molecule has 0 fully saturated rings. The largest absolute Gasteiger partial charge is 0.393 e. The van der Waals surface area contributed by atoms with Crippen molar-refractivity contribution in [3.05, 3.63) is 52.9 Å². The minimum absolute atomic E-state index is 0.224. The Labute approximate surface area is 202 Å². The Balaban J connectivity index is 1.82. The van der Waals surface area contributed by atoms with Crippen molar-refractivity contribution < 1.29 is 17.7 Å². The van der Waals surface area contributed by atoms with Crippen LogP contribution in [0.25, 0.3) is 10.1 Å². The van der Waals surface area contributed by atoms with Crippen molar-refractivity contribution >= 4 is 45.2 Å². The van der Waals surface area contributed by atoms with Crippen LogP contribution in [0.4, 0.5) is 24.5 Å². The molecule has 3 rings (SSSR count). The van der Waals surface area contributed by atoms with E-state index < -0.39 is 19.7 Å². The maximum atomic E-state index is 13.3. The number of benzene rings is 2. The first-order valence-corrected chi connectivity index (χ1v) is 14.2. The molecule has 0 aliphatic heterocycles. The van der Waals surface area contributed by atoms with E-state index in [-0.39, 0.29) is 12.1 Å². The van der Waals surface area contributed by atoms with Crippen LogP contribution in [0, 0.1) is 11.8 Å². The van der Waals surface area contributed by atoms with Crippen molar-refractivity contribution in [2.45, 2.75) is 12.6 Å². The van der Waals surface area contributed by atoms with Crippen LogP contribution in [0.5, 0.6) is 0 Å². The quantitative estimate of drug-likeness (QED) is 0.304. The molecule has 2 aromatic carbocycles. The second kappa shape index (κ2) is 10.9. The van der Waals surface area contributed by atoms with Gasteiger partial charge in [0.05, 0.1) is 28.2 Å². The third-order valence-corrected chi connectivity index (χ3v) is 7.88. The SMILES string of the molecule is CN(C)CCNc1cccc2c(CC(F)(F)F)c(C#CCNc3ccc(P(C)(C)=O)cc3)sc12. The molecular formula is C25H29F3N3OPS. The van der Waals surface area contributed by atoms with Gasteiger partial charge in [0.25, 0.3) is 0 Å². The molecule has 182 valence electrons. The molecule has 0 aliphatic carbocycles.